The fourth-order valence-corrected chi connectivity index (χ4v) is 3.34. The third-order valence-corrected chi connectivity index (χ3v) is 4.88. The predicted octanol–water partition coefficient (Wildman–Crippen LogP) is 5.09. The van der Waals surface area contributed by atoms with Gasteiger partial charge in [-0.3, -0.25) is 0 Å². The molecule has 0 saturated heterocycles. The first-order valence-electron chi connectivity index (χ1n) is 8.83. The van der Waals surface area contributed by atoms with Crippen LogP contribution in [0, 0.1) is 6.92 Å². The molecule has 0 aliphatic carbocycles. The van der Waals surface area contributed by atoms with Crippen LogP contribution < -0.4 is 0 Å². The lowest BCUT2D eigenvalue weighted by Crippen LogP contribution is -2.28. The number of hydrogen-bond donors (Lipinski definition) is 0. The molecule has 0 fully saturated rings. The lowest BCUT2D eigenvalue weighted by molar-refractivity contribution is -0.137. The van der Waals surface area contributed by atoms with Crippen molar-refractivity contribution in [2.24, 2.45) is 0 Å². The van der Waals surface area contributed by atoms with Gasteiger partial charge in [-0.25, -0.2) is 9.97 Å². The molecule has 0 unspecified atom stereocenters. The Morgan fingerprint density at radius 2 is 1.96 bits per heavy atom. The van der Waals surface area contributed by atoms with E-state index < -0.39 is 11.7 Å². The summed E-state index contributed by atoms with van der Waals surface area (Å²) in [6.07, 6.45) is -2.09. The minimum Gasteiger partial charge on any atom is -0.459 e. The number of furan rings is 1. The van der Waals surface area contributed by atoms with Gasteiger partial charge in [0.25, 0.3) is 0 Å². The Morgan fingerprint density at radius 1 is 1.21 bits per heavy atom. The van der Waals surface area contributed by atoms with Gasteiger partial charge >= 0.3 is 6.18 Å². The fourth-order valence-electron chi connectivity index (χ4n) is 3.34. The van der Waals surface area contributed by atoms with E-state index >= 15 is 0 Å². The van der Waals surface area contributed by atoms with Gasteiger partial charge in [0.1, 0.15) is 23.3 Å². The van der Waals surface area contributed by atoms with Gasteiger partial charge in [-0.1, -0.05) is 36.4 Å². The molecule has 4 rings (SSSR count). The van der Waals surface area contributed by atoms with Crippen LogP contribution in [0.4, 0.5) is 13.2 Å². The van der Waals surface area contributed by atoms with E-state index in [1.54, 1.807) is 6.07 Å². The zero-order chi connectivity index (χ0) is 19.9. The van der Waals surface area contributed by atoms with E-state index in [1.165, 1.54) is 5.56 Å². The zero-order valence-electron chi connectivity index (χ0n) is 15.3. The topological polar surface area (TPSA) is 42.2 Å². The molecular weight excluding hydrogens is 367 g/mol. The molecule has 28 heavy (non-hydrogen) atoms. The first-order chi connectivity index (χ1) is 13.3. The molecule has 3 heterocycles. The van der Waals surface area contributed by atoms with E-state index in [2.05, 4.69) is 21.4 Å². The summed E-state index contributed by atoms with van der Waals surface area (Å²) in [7, 11) is 0. The van der Waals surface area contributed by atoms with Gasteiger partial charge in [0.2, 0.25) is 0 Å². The van der Waals surface area contributed by atoms with Crippen LogP contribution in [0.15, 0.2) is 53.9 Å². The molecule has 0 atom stereocenters. The highest BCUT2D eigenvalue weighted by atomic mass is 19.4. The van der Waals surface area contributed by atoms with E-state index in [0.29, 0.717) is 25.3 Å². The number of fused-ring (bicyclic) bond motifs is 1. The smallest absolute Gasteiger partial charge is 0.420 e. The van der Waals surface area contributed by atoms with E-state index in [9.17, 15) is 13.2 Å². The van der Waals surface area contributed by atoms with Crippen molar-refractivity contribution in [3.05, 3.63) is 77.4 Å². The molecule has 3 aromatic rings. The minimum absolute atomic E-state index is 0.113. The standard InChI is InChI=1S/C21H18F3N3O/c1-13-3-5-15(6-4-13)14(2)27-8-7-18-16(11-27)9-19(28-18)20-17(21(22,23)24)10-25-12-26-20/h3-6,9-10,12H,2,7-8,11H2,1H3. The van der Waals surface area contributed by atoms with E-state index in [-0.39, 0.29) is 11.5 Å². The molecule has 144 valence electrons. The Kier molecular flexibility index (Phi) is 4.45. The lowest BCUT2D eigenvalue weighted by atomic mass is 10.0. The van der Waals surface area contributed by atoms with E-state index in [4.69, 9.17) is 4.42 Å². The van der Waals surface area contributed by atoms with Crippen molar-refractivity contribution in [2.45, 2.75) is 26.1 Å². The molecule has 1 aliphatic heterocycles. The largest absolute Gasteiger partial charge is 0.459 e. The van der Waals surface area contributed by atoms with Gasteiger partial charge in [0, 0.05) is 37.0 Å². The summed E-state index contributed by atoms with van der Waals surface area (Å²) in [4.78, 5) is 9.42. The maximum Gasteiger partial charge on any atom is 0.420 e. The zero-order valence-corrected chi connectivity index (χ0v) is 15.3. The maximum absolute atomic E-state index is 13.3. The average Bonchev–Trinajstić information content (AvgIpc) is 3.10. The van der Waals surface area contributed by atoms with Gasteiger partial charge in [0.05, 0.1) is 0 Å². The molecule has 4 nitrogen and oxygen atoms in total. The van der Waals surface area contributed by atoms with Crippen LogP contribution >= 0.6 is 0 Å². The molecule has 0 N–H and O–H groups in total. The van der Waals surface area contributed by atoms with Gasteiger partial charge < -0.3 is 9.32 Å². The molecule has 0 bridgehead atoms. The second kappa shape index (κ2) is 6.82. The highest BCUT2D eigenvalue weighted by Gasteiger charge is 2.36. The van der Waals surface area contributed by atoms with Crippen molar-refractivity contribution in [3.63, 3.8) is 0 Å². The molecule has 7 heteroatoms. The first-order valence-corrected chi connectivity index (χ1v) is 8.83. The Bertz CT molecular complexity index is 1020. The molecule has 2 aromatic heterocycles. The van der Waals surface area contributed by atoms with Gasteiger partial charge in [-0.15, -0.1) is 0 Å². The Hall–Kier alpha value is -3.09. The van der Waals surface area contributed by atoms with E-state index in [1.807, 2.05) is 31.2 Å². The van der Waals surface area contributed by atoms with Crippen molar-refractivity contribution in [2.75, 3.05) is 6.54 Å². The van der Waals surface area contributed by atoms with Crippen molar-refractivity contribution in [3.8, 4) is 11.5 Å². The SMILES string of the molecule is C=C(c1ccc(C)cc1)N1CCc2oc(-c3ncncc3C(F)(F)F)cc2C1. The van der Waals surface area contributed by atoms with Crippen LogP contribution in [0.2, 0.25) is 0 Å². The van der Waals surface area contributed by atoms with Crippen molar-refractivity contribution in [1.82, 2.24) is 14.9 Å². The van der Waals surface area contributed by atoms with Crippen LogP contribution in [-0.2, 0) is 19.1 Å². The summed E-state index contributed by atoms with van der Waals surface area (Å²) in [6.45, 7) is 7.42. The number of aryl methyl sites for hydroxylation is 1. The number of alkyl halides is 3. The lowest BCUT2D eigenvalue weighted by Gasteiger charge is -2.30. The van der Waals surface area contributed by atoms with Crippen molar-refractivity contribution < 1.29 is 17.6 Å². The third kappa shape index (κ3) is 3.40. The van der Waals surface area contributed by atoms with E-state index in [0.717, 1.165) is 29.3 Å². The summed E-state index contributed by atoms with van der Waals surface area (Å²) in [5.41, 5.74) is 2.78. The monoisotopic (exact) mass is 385 g/mol. The van der Waals surface area contributed by atoms with Crippen LogP contribution in [0.25, 0.3) is 17.2 Å². The molecule has 1 aliphatic rings. The van der Waals surface area contributed by atoms with Crippen LogP contribution in [-0.4, -0.2) is 21.4 Å². The van der Waals surface area contributed by atoms with Crippen LogP contribution in [0.3, 0.4) is 0 Å². The maximum atomic E-state index is 13.3. The molecule has 1 aromatic carbocycles. The average molecular weight is 385 g/mol. The Morgan fingerprint density at radius 3 is 2.68 bits per heavy atom. The molecule has 0 radical (unpaired) electrons. The normalized spacial score (nSPS) is 14.1. The number of aromatic nitrogens is 2. The quantitative estimate of drug-likeness (QED) is 0.630. The fraction of sp³-hybridized carbons (Fsp3) is 0.238. The number of rotatable bonds is 3. The third-order valence-electron chi connectivity index (χ3n) is 4.88. The number of benzene rings is 1. The highest BCUT2D eigenvalue weighted by Crippen LogP contribution is 2.38. The number of nitrogens with zero attached hydrogens (tertiary/aromatic N) is 3. The van der Waals surface area contributed by atoms with Crippen molar-refractivity contribution in [1.29, 1.82) is 0 Å². The Labute approximate surface area is 160 Å². The molecule has 0 amide bonds. The molecular formula is C21H18F3N3O. The summed E-state index contributed by atoms with van der Waals surface area (Å²) in [5.74, 6) is 0.803. The predicted molar refractivity (Wildman–Crippen MR) is 99.1 cm³/mol. The second-order valence-electron chi connectivity index (χ2n) is 6.83. The van der Waals surface area contributed by atoms with Crippen molar-refractivity contribution >= 4 is 5.70 Å². The summed E-state index contributed by atoms with van der Waals surface area (Å²) in [6, 6.07) is 9.73. The molecule has 0 spiro atoms. The summed E-state index contributed by atoms with van der Waals surface area (Å²) < 4.78 is 45.5. The van der Waals surface area contributed by atoms with Gasteiger partial charge in [0.15, 0.2) is 5.76 Å². The minimum atomic E-state index is -4.55. The number of hydrogen-bond acceptors (Lipinski definition) is 4. The number of halogens is 3. The summed E-state index contributed by atoms with van der Waals surface area (Å²) in [5, 5.41) is 0. The molecule has 0 saturated carbocycles. The van der Waals surface area contributed by atoms with Crippen LogP contribution in [0.5, 0.6) is 0 Å². The van der Waals surface area contributed by atoms with Gasteiger partial charge in [-0.2, -0.15) is 13.2 Å². The van der Waals surface area contributed by atoms with Gasteiger partial charge in [-0.05, 0) is 18.6 Å². The second-order valence-corrected chi connectivity index (χ2v) is 6.83. The highest BCUT2D eigenvalue weighted by molar-refractivity contribution is 5.63. The van der Waals surface area contributed by atoms with Crippen LogP contribution in [0.1, 0.15) is 28.0 Å². The first kappa shape index (κ1) is 18.3. The summed E-state index contributed by atoms with van der Waals surface area (Å²) >= 11 is 0. The Balaban J connectivity index is 1.61.